The summed E-state index contributed by atoms with van der Waals surface area (Å²) < 4.78 is 56.3. The van der Waals surface area contributed by atoms with Crippen molar-refractivity contribution in [3.63, 3.8) is 0 Å². The Bertz CT molecular complexity index is 946. The van der Waals surface area contributed by atoms with Crippen molar-refractivity contribution in [2.24, 2.45) is 0 Å². The molecule has 0 radical (unpaired) electrons. The van der Waals surface area contributed by atoms with E-state index in [0.717, 1.165) is 17.0 Å². The largest absolute Gasteiger partial charge is 0.465 e. The van der Waals surface area contributed by atoms with Gasteiger partial charge in [-0.1, -0.05) is 24.3 Å². The highest BCUT2D eigenvalue weighted by molar-refractivity contribution is 5.87. The van der Waals surface area contributed by atoms with Crippen molar-refractivity contribution in [2.45, 2.75) is 26.1 Å². The maximum Gasteiger partial charge on any atom is 0.416 e. The van der Waals surface area contributed by atoms with E-state index in [1.54, 1.807) is 13.0 Å². The topological polar surface area (TPSA) is 75.7 Å². The number of benzene rings is 2. The molecule has 0 atom stereocenters. The van der Waals surface area contributed by atoms with Crippen molar-refractivity contribution in [2.75, 3.05) is 19.7 Å². The Balaban J connectivity index is 2.02. The number of hydrogen-bond donors (Lipinski definition) is 1. The van der Waals surface area contributed by atoms with Gasteiger partial charge < -0.3 is 15.0 Å². The first-order chi connectivity index (χ1) is 15.1. The zero-order valence-corrected chi connectivity index (χ0v) is 17.2. The average Bonchev–Trinajstić information content (AvgIpc) is 2.71. The Hall–Kier alpha value is -3.43. The number of nitrogens with one attached hydrogen (secondary N) is 1. The Morgan fingerprint density at radius 3 is 2.31 bits per heavy atom. The van der Waals surface area contributed by atoms with Crippen LogP contribution in [0.1, 0.15) is 23.6 Å². The highest BCUT2D eigenvalue weighted by Crippen LogP contribution is 2.29. The molecule has 10 heteroatoms. The van der Waals surface area contributed by atoms with Crippen molar-refractivity contribution >= 4 is 17.8 Å². The van der Waals surface area contributed by atoms with Crippen molar-refractivity contribution in [3.8, 4) is 0 Å². The third-order valence-corrected chi connectivity index (χ3v) is 4.32. The minimum absolute atomic E-state index is 0.0888. The Kier molecular flexibility index (Phi) is 8.74. The van der Waals surface area contributed by atoms with Crippen LogP contribution in [-0.4, -0.2) is 42.4 Å². The lowest BCUT2D eigenvalue weighted by molar-refractivity contribution is -0.149. The van der Waals surface area contributed by atoms with Crippen molar-refractivity contribution in [1.82, 2.24) is 10.2 Å². The molecule has 0 saturated carbocycles. The van der Waals surface area contributed by atoms with E-state index < -0.39 is 48.4 Å². The van der Waals surface area contributed by atoms with Gasteiger partial charge in [0.25, 0.3) is 0 Å². The lowest BCUT2D eigenvalue weighted by Crippen LogP contribution is -2.42. The number of halogens is 4. The molecule has 6 nitrogen and oxygen atoms in total. The zero-order valence-electron chi connectivity index (χ0n) is 17.2. The summed E-state index contributed by atoms with van der Waals surface area (Å²) in [6, 6.07) is 9.61. The molecule has 0 fully saturated rings. The summed E-state index contributed by atoms with van der Waals surface area (Å²) >= 11 is 0. The molecule has 0 heterocycles. The normalized spacial score (nSPS) is 11.0. The van der Waals surface area contributed by atoms with Crippen LogP contribution in [0.5, 0.6) is 0 Å². The molecule has 0 bridgehead atoms. The van der Waals surface area contributed by atoms with Crippen LogP contribution >= 0.6 is 0 Å². The van der Waals surface area contributed by atoms with Gasteiger partial charge in [0.05, 0.1) is 25.1 Å². The van der Waals surface area contributed by atoms with Crippen molar-refractivity contribution in [3.05, 3.63) is 71.0 Å². The quantitative estimate of drug-likeness (QED) is 0.467. The summed E-state index contributed by atoms with van der Waals surface area (Å²) in [6.45, 7) is 0.634. The van der Waals surface area contributed by atoms with E-state index in [0.29, 0.717) is 11.1 Å². The van der Waals surface area contributed by atoms with E-state index in [1.807, 2.05) is 0 Å². The molecular weight excluding hydrogens is 432 g/mol. The van der Waals surface area contributed by atoms with Gasteiger partial charge >= 0.3 is 12.1 Å². The van der Waals surface area contributed by atoms with Gasteiger partial charge in [0.15, 0.2) is 0 Å². The summed E-state index contributed by atoms with van der Waals surface area (Å²) in [5.41, 5.74) is -0.0565. The molecule has 0 aromatic heterocycles. The summed E-state index contributed by atoms with van der Waals surface area (Å²) in [5, 5.41) is 2.40. The number of ether oxygens (including phenoxy) is 1. The average molecular weight is 454 g/mol. The highest BCUT2D eigenvalue weighted by atomic mass is 19.4. The Morgan fingerprint density at radius 2 is 1.72 bits per heavy atom. The molecule has 2 aromatic carbocycles. The van der Waals surface area contributed by atoms with Gasteiger partial charge in [-0.05, 0) is 42.3 Å². The van der Waals surface area contributed by atoms with Crippen LogP contribution in [0, 0.1) is 5.82 Å². The molecule has 2 aromatic rings. The number of rotatable bonds is 9. The molecule has 172 valence electrons. The maximum absolute atomic E-state index is 13.2. The second-order valence-electron chi connectivity index (χ2n) is 6.83. The lowest BCUT2D eigenvalue weighted by Gasteiger charge is -2.22. The van der Waals surface area contributed by atoms with Gasteiger partial charge in [0, 0.05) is 6.54 Å². The van der Waals surface area contributed by atoms with E-state index in [-0.39, 0.29) is 19.6 Å². The molecule has 0 aliphatic carbocycles. The predicted octanol–water partition coefficient (Wildman–Crippen LogP) is 3.10. The van der Waals surface area contributed by atoms with Crippen LogP contribution in [0.3, 0.4) is 0 Å². The van der Waals surface area contributed by atoms with Gasteiger partial charge in [-0.2, -0.15) is 13.2 Å². The Labute approximate surface area is 182 Å². The fraction of sp³-hybridized carbons (Fsp3) is 0.318. The monoisotopic (exact) mass is 454 g/mol. The fourth-order valence-corrected chi connectivity index (χ4v) is 2.80. The number of carbonyl (C=O) groups excluding carboxylic acids is 3. The lowest BCUT2D eigenvalue weighted by atomic mass is 10.1. The molecule has 2 rings (SSSR count). The summed E-state index contributed by atoms with van der Waals surface area (Å²) in [7, 11) is 0. The smallest absolute Gasteiger partial charge is 0.416 e. The van der Waals surface area contributed by atoms with Crippen LogP contribution in [0.25, 0.3) is 0 Å². The SMILES string of the molecule is CCOC(=O)CN(Cc1ccc(C(F)(F)F)cc1)C(=O)CNC(=O)Cc1cccc(F)c1. The Morgan fingerprint density at radius 1 is 1.03 bits per heavy atom. The third-order valence-electron chi connectivity index (χ3n) is 4.32. The summed E-state index contributed by atoms with van der Waals surface area (Å²) in [4.78, 5) is 37.6. The maximum atomic E-state index is 13.2. The fourth-order valence-electron chi connectivity index (χ4n) is 2.80. The van der Waals surface area contributed by atoms with Crippen LogP contribution in [0.15, 0.2) is 48.5 Å². The van der Waals surface area contributed by atoms with Crippen LogP contribution in [0.2, 0.25) is 0 Å². The van der Waals surface area contributed by atoms with Gasteiger partial charge in [-0.3, -0.25) is 14.4 Å². The molecule has 0 unspecified atom stereocenters. The molecule has 0 aliphatic rings. The van der Waals surface area contributed by atoms with Crippen LogP contribution < -0.4 is 5.32 Å². The van der Waals surface area contributed by atoms with E-state index in [2.05, 4.69) is 5.32 Å². The number of nitrogens with zero attached hydrogens (tertiary/aromatic N) is 1. The second-order valence-corrected chi connectivity index (χ2v) is 6.83. The van der Waals surface area contributed by atoms with E-state index in [1.165, 1.54) is 30.3 Å². The highest BCUT2D eigenvalue weighted by Gasteiger charge is 2.30. The number of alkyl halides is 3. The molecule has 0 aliphatic heterocycles. The standard InChI is InChI=1S/C22H22F4N2O4/c1-2-32-21(31)14-28(13-15-6-8-17(9-7-15)22(24,25)26)20(30)12-27-19(29)11-16-4-3-5-18(23)10-16/h3-10H,2,11-14H2,1H3,(H,27,29). The number of hydrogen-bond acceptors (Lipinski definition) is 4. The van der Waals surface area contributed by atoms with Gasteiger partial charge in [0.2, 0.25) is 11.8 Å². The predicted molar refractivity (Wildman–Crippen MR) is 107 cm³/mol. The molecule has 0 spiro atoms. The zero-order chi connectivity index (χ0) is 23.7. The first-order valence-corrected chi connectivity index (χ1v) is 9.69. The minimum Gasteiger partial charge on any atom is -0.465 e. The molecule has 32 heavy (non-hydrogen) atoms. The number of esters is 1. The van der Waals surface area contributed by atoms with E-state index >= 15 is 0 Å². The second kappa shape index (κ2) is 11.3. The summed E-state index contributed by atoms with van der Waals surface area (Å²) in [5.74, 6) is -2.36. The van der Waals surface area contributed by atoms with E-state index in [4.69, 9.17) is 4.74 Å². The van der Waals surface area contributed by atoms with Crippen molar-refractivity contribution < 1.29 is 36.7 Å². The minimum atomic E-state index is -4.50. The number of carbonyl (C=O) groups is 3. The van der Waals surface area contributed by atoms with Crippen LogP contribution in [-0.2, 0) is 38.3 Å². The van der Waals surface area contributed by atoms with Crippen molar-refractivity contribution in [1.29, 1.82) is 0 Å². The summed E-state index contributed by atoms with van der Waals surface area (Å²) in [6.07, 6.45) is -4.65. The first kappa shape index (κ1) is 24.8. The molecule has 2 amide bonds. The van der Waals surface area contributed by atoms with Gasteiger partial charge in [-0.15, -0.1) is 0 Å². The molecular formula is C22H22F4N2O4. The third kappa shape index (κ3) is 8.01. The van der Waals surface area contributed by atoms with Crippen LogP contribution in [0.4, 0.5) is 17.6 Å². The van der Waals surface area contributed by atoms with Gasteiger partial charge in [-0.25, -0.2) is 4.39 Å². The molecule has 1 N–H and O–H groups in total. The molecule has 0 saturated heterocycles. The van der Waals surface area contributed by atoms with E-state index in [9.17, 15) is 31.9 Å². The number of amides is 2. The first-order valence-electron chi connectivity index (χ1n) is 9.69. The van der Waals surface area contributed by atoms with Gasteiger partial charge in [0.1, 0.15) is 12.4 Å².